The lowest BCUT2D eigenvalue weighted by Gasteiger charge is -2.37. The molecule has 0 bridgehead atoms. The highest BCUT2D eigenvalue weighted by atomic mass is 16.5. The Bertz CT molecular complexity index is 1020. The number of nitrogens with zero attached hydrogens (tertiary/aromatic N) is 4. The van der Waals surface area contributed by atoms with Gasteiger partial charge in [-0.05, 0) is 30.7 Å². The molecule has 2 aromatic carbocycles. The second-order valence-electron chi connectivity index (χ2n) is 8.51. The van der Waals surface area contributed by atoms with Gasteiger partial charge in [0.1, 0.15) is 18.5 Å². The normalized spacial score (nSPS) is 16.4. The SMILES string of the molecule is COc1ncc(-c2c(OCC(O)CN3CCN(C(C)C)CC3)ccc3ccccc23)cn1. The Morgan fingerprint density at radius 1 is 1.00 bits per heavy atom. The lowest BCUT2D eigenvalue weighted by Crippen LogP contribution is -2.51. The largest absolute Gasteiger partial charge is 0.490 e. The van der Waals surface area contributed by atoms with Crippen molar-refractivity contribution in [2.45, 2.75) is 26.0 Å². The number of methoxy groups -OCH3 is 1. The van der Waals surface area contributed by atoms with Gasteiger partial charge in [0.25, 0.3) is 0 Å². The molecule has 3 aromatic rings. The van der Waals surface area contributed by atoms with Gasteiger partial charge in [0.15, 0.2) is 0 Å². The van der Waals surface area contributed by atoms with Crippen molar-refractivity contribution in [2.24, 2.45) is 0 Å². The number of piperazine rings is 1. The zero-order chi connectivity index (χ0) is 22.5. The average Bonchev–Trinajstić information content (AvgIpc) is 2.82. The number of hydrogen-bond acceptors (Lipinski definition) is 7. The topological polar surface area (TPSA) is 71.0 Å². The van der Waals surface area contributed by atoms with Crippen LogP contribution in [0, 0.1) is 0 Å². The summed E-state index contributed by atoms with van der Waals surface area (Å²) in [6.07, 6.45) is 2.92. The van der Waals surface area contributed by atoms with E-state index in [0.717, 1.165) is 48.1 Å². The molecule has 0 amide bonds. The fourth-order valence-corrected chi connectivity index (χ4v) is 4.22. The van der Waals surface area contributed by atoms with Gasteiger partial charge in [-0.25, -0.2) is 9.97 Å². The Kier molecular flexibility index (Phi) is 7.19. The first-order chi connectivity index (χ1) is 15.5. The van der Waals surface area contributed by atoms with Crippen LogP contribution in [-0.4, -0.2) is 83.5 Å². The van der Waals surface area contributed by atoms with Crippen molar-refractivity contribution in [1.82, 2.24) is 19.8 Å². The van der Waals surface area contributed by atoms with Crippen LogP contribution in [0.4, 0.5) is 0 Å². The molecule has 1 unspecified atom stereocenters. The fraction of sp³-hybridized carbons (Fsp3) is 0.440. The first-order valence-corrected chi connectivity index (χ1v) is 11.2. The smallest absolute Gasteiger partial charge is 0.316 e. The number of hydrogen-bond donors (Lipinski definition) is 1. The molecule has 2 heterocycles. The van der Waals surface area contributed by atoms with E-state index in [9.17, 15) is 5.11 Å². The van der Waals surface area contributed by atoms with Crippen LogP contribution in [0.15, 0.2) is 48.8 Å². The maximum atomic E-state index is 10.7. The second kappa shape index (κ2) is 10.3. The molecule has 1 N–H and O–H groups in total. The van der Waals surface area contributed by atoms with Crippen LogP contribution in [0.3, 0.4) is 0 Å². The molecule has 1 aromatic heterocycles. The molecule has 4 rings (SSSR count). The van der Waals surface area contributed by atoms with Crippen molar-refractivity contribution in [2.75, 3.05) is 46.4 Å². The van der Waals surface area contributed by atoms with E-state index in [2.05, 4.69) is 45.7 Å². The van der Waals surface area contributed by atoms with Crippen LogP contribution < -0.4 is 9.47 Å². The summed E-state index contributed by atoms with van der Waals surface area (Å²) in [6, 6.07) is 13.0. The van der Waals surface area contributed by atoms with E-state index in [0.29, 0.717) is 24.3 Å². The van der Waals surface area contributed by atoms with E-state index in [4.69, 9.17) is 9.47 Å². The minimum Gasteiger partial charge on any atom is -0.490 e. The number of rotatable bonds is 8. The molecular formula is C25H32N4O3. The van der Waals surface area contributed by atoms with Gasteiger partial charge in [-0.15, -0.1) is 0 Å². The third kappa shape index (κ3) is 5.18. The van der Waals surface area contributed by atoms with Gasteiger partial charge in [0.2, 0.25) is 0 Å². The monoisotopic (exact) mass is 436 g/mol. The van der Waals surface area contributed by atoms with E-state index in [1.54, 1.807) is 19.5 Å². The van der Waals surface area contributed by atoms with Gasteiger partial charge in [-0.1, -0.05) is 30.3 Å². The van der Waals surface area contributed by atoms with E-state index in [-0.39, 0.29) is 6.61 Å². The highest BCUT2D eigenvalue weighted by molar-refractivity contribution is 5.99. The van der Waals surface area contributed by atoms with Crippen LogP contribution >= 0.6 is 0 Å². The van der Waals surface area contributed by atoms with Crippen molar-refractivity contribution in [1.29, 1.82) is 0 Å². The number of aliphatic hydroxyl groups excluding tert-OH is 1. The Balaban J connectivity index is 1.48. The molecule has 1 saturated heterocycles. The number of β-amino-alcohol motifs (C(OH)–C–C–N with tert-alkyl or cyclic N) is 1. The molecule has 0 saturated carbocycles. The third-order valence-corrected chi connectivity index (χ3v) is 6.03. The zero-order valence-electron chi connectivity index (χ0n) is 19.1. The van der Waals surface area contributed by atoms with Gasteiger partial charge >= 0.3 is 6.01 Å². The van der Waals surface area contributed by atoms with Crippen LogP contribution in [0.5, 0.6) is 11.8 Å². The standard InChI is InChI=1S/C25H32N4O3/c1-18(2)29-12-10-28(11-13-29)16-21(30)17-32-23-9-8-19-6-4-5-7-22(19)24(23)20-14-26-25(31-3)27-15-20/h4-9,14-15,18,21,30H,10-13,16-17H2,1-3H3. The summed E-state index contributed by atoms with van der Waals surface area (Å²) in [5.41, 5.74) is 1.76. The summed E-state index contributed by atoms with van der Waals surface area (Å²) in [6.45, 7) is 9.32. The summed E-state index contributed by atoms with van der Waals surface area (Å²) < 4.78 is 11.2. The molecular weight excluding hydrogens is 404 g/mol. The summed E-state index contributed by atoms with van der Waals surface area (Å²) in [5.74, 6) is 0.709. The first kappa shape index (κ1) is 22.5. The molecule has 1 aliphatic heterocycles. The predicted molar refractivity (Wildman–Crippen MR) is 126 cm³/mol. The van der Waals surface area contributed by atoms with Crippen LogP contribution in [0.1, 0.15) is 13.8 Å². The lowest BCUT2D eigenvalue weighted by molar-refractivity contribution is 0.0401. The van der Waals surface area contributed by atoms with Crippen LogP contribution in [0.25, 0.3) is 21.9 Å². The Labute approximate surface area is 189 Å². The molecule has 1 fully saturated rings. The number of aliphatic hydroxyl groups is 1. The maximum Gasteiger partial charge on any atom is 0.316 e. The predicted octanol–water partition coefficient (Wildman–Crippen LogP) is 3.07. The van der Waals surface area contributed by atoms with Crippen molar-refractivity contribution >= 4 is 10.8 Å². The maximum absolute atomic E-state index is 10.7. The number of aromatic nitrogens is 2. The number of fused-ring (bicyclic) bond motifs is 1. The number of ether oxygens (including phenoxy) is 2. The van der Waals surface area contributed by atoms with Gasteiger partial charge in [0.05, 0.1) is 7.11 Å². The molecule has 0 radical (unpaired) electrons. The van der Waals surface area contributed by atoms with Crippen molar-refractivity contribution in [3.05, 3.63) is 48.8 Å². The van der Waals surface area contributed by atoms with Gasteiger partial charge < -0.3 is 14.6 Å². The Hall–Kier alpha value is -2.74. The Morgan fingerprint density at radius 3 is 2.41 bits per heavy atom. The van der Waals surface area contributed by atoms with Gasteiger partial charge in [0, 0.05) is 62.3 Å². The molecule has 7 nitrogen and oxygen atoms in total. The van der Waals surface area contributed by atoms with E-state index < -0.39 is 6.10 Å². The molecule has 7 heteroatoms. The van der Waals surface area contributed by atoms with Crippen molar-refractivity contribution in [3.8, 4) is 22.9 Å². The quantitative estimate of drug-likeness (QED) is 0.582. The third-order valence-electron chi connectivity index (χ3n) is 6.03. The van der Waals surface area contributed by atoms with Crippen LogP contribution in [-0.2, 0) is 0 Å². The van der Waals surface area contributed by atoms with Gasteiger partial charge in [-0.3, -0.25) is 9.80 Å². The van der Waals surface area contributed by atoms with E-state index >= 15 is 0 Å². The summed E-state index contributed by atoms with van der Waals surface area (Å²) >= 11 is 0. The Morgan fingerprint density at radius 2 is 1.72 bits per heavy atom. The highest BCUT2D eigenvalue weighted by Crippen LogP contribution is 2.37. The molecule has 0 spiro atoms. The summed E-state index contributed by atoms with van der Waals surface area (Å²) in [5, 5.41) is 12.8. The lowest BCUT2D eigenvalue weighted by atomic mass is 9.99. The fourth-order valence-electron chi connectivity index (χ4n) is 4.22. The summed E-state index contributed by atoms with van der Waals surface area (Å²) in [7, 11) is 1.55. The molecule has 1 atom stereocenters. The van der Waals surface area contributed by atoms with Gasteiger partial charge in [-0.2, -0.15) is 0 Å². The zero-order valence-corrected chi connectivity index (χ0v) is 19.1. The second-order valence-corrected chi connectivity index (χ2v) is 8.51. The molecule has 170 valence electrons. The van der Waals surface area contributed by atoms with Crippen molar-refractivity contribution < 1.29 is 14.6 Å². The van der Waals surface area contributed by atoms with E-state index in [1.165, 1.54) is 0 Å². The average molecular weight is 437 g/mol. The highest BCUT2D eigenvalue weighted by Gasteiger charge is 2.21. The molecule has 0 aliphatic carbocycles. The molecule has 1 aliphatic rings. The number of benzene rings is 2. The molecule has 32 heavy (non-hydrogen) atoms. The minimum absolute atomic E-state index is 0.229. The first-order valence-electron chi connectivity index (χ1n) is 11.2. The van der Waals surface area contributed by atoms with Crippen molar-refractivity contribution in [3.63, 3.8) is 0 Å². The van der Waals surface area contributed by atoms with Crippen LogP contribution in [0.2, 0.25) is 0 Å². The summed E-state index contributed by atoms with van der Waals surface area (Å²) in [4.78, 5) is 13.3. The van der Waals surface area contributed by atoms with E-state index in [1.807, 2.05) is 24.3 Å². The minimum atomic E-state index is -0.563.